The largest absolute Gasteiger partial charge is 3.00 e. The fourth-order valence-corrected chi connectivity index (χ4v) is 1.38. The molecule has 2 N–H and O–H groups in total. The molecular weight excluding hydrogens is 238 g/mol. The smallest absolute Gasteiger partial charge is 0.862 e. The average molecular weight is 240 g/mol. The molecule has 0 heterocycles. The first kappa shape index (κ1) is 23.2. The van der Waals surface area contributed by atoms with E-state index in [9.17, 15) is 28.8 Å². The molecule has 0 aromatic carbocycles. The standard InChI is InChI=1S/2Al.O7Si2.H2O/c;;1-8(2,3)7-9(4,5)6;/h;;;1H2/q2*+3;-6;. The fraction of sp³-hybridized carbons (Fsp3) is 0. The number of hydrogen-bond donors (Lipinski definition) is 0. The third-order valence-corrected chi connectivity index (χ3v) is 2.25. The average Bonchev–Trinajstić information content (AvgIpc) is 1.14. The van der Waals surface area contributed by atoms with Crippen LogP contribution in [0.25, 0.3) is 0 Å². The van der Waals surface area contributed by atoms with Gasteiger partial charge in [-0.3, -0.25) is 0 Å². The first-order chi connectivity index (χ1) is 3.71. The van der Waals surface area contributed by atoms with Crippen LogP contribution in [0.2, 0.25) is 0 Å². The van der Waals surface area contributed by atoms with Crippen LogP contribution in [0.3, 0.4) is 0 Å². The first-order valence-corrected chi connectivity index (χ1v) is 4.90. The summed E-state index contributed by atoms with van der Waals surface area (Å²) in [7, 11) is -11.8. The second-order valence-corrected chi connectivity index (χ2v) is 3.92. The van der Waals surface area contributed by atoms with Crippen LogP contribution in [-0.2, 0) is 4.12 Å². The van der Waals surface area contributed by atoms with Crippen molar-refractivity contribution in [2.75, 3.05) is 0 Å². The summed E-state index contributed by atoms with van der Waals surface area (Å²) in [5.74, 6) is 0. The van der Waals surface area contributed by atoms with Crippen LogP contribution < -0.4 is 28.8 Å². The summed E-state index contributed by atoms with van der Waals surface area (Å²) in [5.41, 5.74) is 0. The number of hydrogen-bond acceptors (Lipinski definition) is 7. The Morgan fingerprint density at radius 2 is 0.833 bits per heavy atom. The van der Waals surface area contributed by atoms with Gasteiger partial charge in [0.25, 0.3) is 0 Å². The van der Waals surface area contributed by atoms with Crippen molar-refractivity contribution in [1.29, 1.82) is 0 Å². The SMILES string of the molecule is O.[Al+3].[Al+3].[O-][Si]([O-])([O-])O[Si]([O-])([O-])[O-]. The van der Waals surface area contributed by atoms with E-state index in [2.05, 4.69) is 4.12 Å². The van der Waals surface area contributed by atoms with E-state index < -0.39 is 18.1 Å². The van der Waals surface area contributed by atoms with Crippen molar-refractivity contribution in [3.8, 4) is 0 Å². The summed E-state index contributed by atoms with van der Waals surface area (Å²) in [6, 6.07) is 0. The van der Waals surface area contributed by atoms with Gasteiger partial charge < -0.3 is 38.4 Å². The van der Waals surface area contributed by atoms with Crippen molar-refractivity contribution >= 4 is 52.8 Å². The van der Waals surface area contributed by atoms with Gasteiger partial charge in [0.2, 0.25) is 0 Å². The van der Waals surface area contributed by atoms with E-state index in [0.29, 0.717) is 0 Å². The third kappa shape index (κ3) is 22.5. The summed E-state index contributed by atoms with van der Waals surface area (Å²) in [4.78, 5) is 56.2. The molecule has 0 bridgehead atoms. The van der Waals surface area contributed by atoms with E-state index in [1.807, 2.05) is 0 Å². The molecule has 0 radical (unpaired) electrons. The maximum Gasteiger partial charge on any atom is 3.00 e. The zero-order valence-electron chi connectivity index (χ0n) is 5.51. The van der Waals surface area contributed by atoms with Crippen molar-refractivity contribution in [1.82, 2.24) is 0 Å². The van der Waals surface area contributed by atoms with Crippen LogP contribution in [-0.4, -0.2) is 58.3 Å². The van der Waals surface area contributed by atoms with Gasteiger partial charge in [-0.15, -0.1) is 18.1 Å². The molecule has 0 unspecified atom stereocenters. The summed E-state index contributed by atoms with van der Waals surface area (Å²) in [6.07, 6.45) is 0. The Kier molecular flexibility index (Phi) is 14.6. The van der Waals surface area contributed by atoms with Gasteiger partial charge in [-0.2, -0.15) is 0 Å². The van der Waals surface area contributed by atoms with Crippen LogP contribution in [0.15, 0.2) is 0 Å². The summed E-state index contributed by atoms with van der Waals surface area (Å²) in [5, 5.41) is 0. The van der Waals surface area contributed by atoms with Crippen molar-refractivity contribution in [2.24, 2.45) is 0 Å². The topological polar surface area (TPSA) is 179 Å². The molecule has 0 aromatic heterocycles. The molecule has 0 spiro atoms. The predicted molar refractivity (Wildman–Crippen MR) is 27.7 cm³/mol. The van der Waals surface area contributed by atoms with Crippen molar-refractivity contribution in [2.45, 2.75) is 0 Å². The molecule has 0 atom stereocenters. The van der Waals surface area contributed by atoms with E-state index in [4.69, 9.17) is 0 Å². The fourth-order valence-electron chi connectivity index (χ4n) is 0.153. The van der Waals surface area contributed by atoms with E-state index >= 15 is 0 Å². The van der Waals surface area contributed by atoms with E-state index in [1.165, 1.54) is 0 Å². The molecule has 12 heavy (non-hydrogen) atoms. The van der Waals surface area contributed by atoms with Crippen molar-refractivity contribution in [3.63, 3.8) is 0 Å². The van der Waals surface area contributed by atoms with E-state index in [1.54, 1.807) is 0 Å². The minimum absolute atomic E-state index is 0. The van der Waals surface area contributed by atoms with Gasteiger partial charge in [-0.1, -0.05) is 0 Å². The molecule has 0 amide bonds. The van der Waals surface area contributed by atoms with Gasteiger partial charge >= 0.3 is 34.7 Å². The summed E-state index contributed by atoms with van der Waals surface area (Å²) >= 11 is 0. The Morgan fingerprint density at radius 3 is 0.833 bits per heavy atom. The second-order valence-electron chi connectivity index (χ2n) is 1.10. The van der Waals surface area contributed by atoms with Crippen LogP contribution >= 0.6 is 0 Å². The van der Waals surface area contributed by atoms with Crippen LogP contribution in [0.1, 0.15) is 0 Å². The van der Waals surface area contributed by atoms with Gasteiger partial charge in [-0.05, 0) is 0 Å². The zero-order chi connectivity index (χ0) is 7.71. The molecule has 12 heteroatoms. The molecule has 0 saturated heterocycles. The molecule has 0 fully saturated rings. The van der Waals surface area contributed by atoms with Gasteiger partial charge in [0.05, 0.1) is 0 Å². The molecular formula is H2Al2O8Si2. The molecule has 0 saturated carbocycles. The zero-order valence-corrected chi connectivity index (χ0v) is 9.82. The Morgan fingerprint density at radius 1 is 0.667 bits per heavy atom. The molecule has 0 rings (SSSR count). The molecule has 0 aliphatic carbocycles. The second kappa shape index (κ2) is 7.57. The van der Waals surface area contributed by atoms with Crippen molar-refractivity contribution < 1.29 is 38.4 Å². The van der Waals surface area contributed by atoms with E-state index in [0.717, 1.165) is 0 Å². The molecule has 0 aliphatic heterocycles. The Balaban J connectivity index is -0.000000107. The number of rotatable bonds is 2. The molecule has 0 aromatic rings. The van der Waals surface area contributed by atoms with Crippen LogP contribution in [0.4, 0.5) is 0 Å². The quantitative estimate of drug-likeness (QED) is 0.429. The third-order valence-electron chi connectivity index (χ3n) is 0.250. The van der Waals surface area contributed by atoms with Gasteiger partial charge in [0.15, 0.2) is 0 Å². The first-order valence-electron chi connectivity index (χ1n) is 1.63. The van der Waals surface area contributed by atoms with Gasteiger partial charge in [0, 0.05) is 0 Å². The monoisotopic (exact) mass is 240 g/mol. The Bertz CT molecular complexity index is 80.2. The Hall–Kier alpha value is 1.18. The predicted octanol–water partition coefficient (Wildman–Crippen LogP) is -9.55. The van der Waals surface area contributed by atoms with Crippen LogP contribution in [0.5, 0.6) is 0 Å². The minimum Gasteiger partial charge on any atom is -0.862 e. The minimum atomic E-state index is -5.92. The Labute approximate surface area is 91.2 Å². The summed E-state index contributed by atoms with van der Waals surface area (Å²) < 4.78 is 2.57. The summed E-state index contributed by atoms with van der Waals surface area (Å²) in [6.45, 7) is 0. The van der Waals surface area contributed by atoms with Gasteiger partial charge in [0.1, 0.15) is 0 Å². The maximum absolute atomic E-state index is 9.36. The van der Waals surface area contributed by atoms with Crippen LogP contribution in [0, 0.1) is 0 Å². The maximum atomic E-state index is 9.36. The normalized spacial score (nSPS) is 10.5. The van der Waals surface area contributed by atoms with Gasteiger partial charge in [-0.25, -0.2) is 0 Å². The molecule has 64 valence electrons. The molecule has 0 aliphatic rings. The van der Waals surface area contributed by atoms with E-state index in [-0.39, 0.29) is 40.2 Å². The van der Waals surface area contributed by atoms with Crippen molar-refractivity contribution in [3.05, 3.63) is 0 Å². The molecule has 8 nitrogen and oxygen atoms in total.